The van der Waals surface area contributed by atoms with Crippen LogP contribution in [-0.2, 0) is 4.79 Å². The Morgan fingerprint density at radius 2 is 2.11 bits per heavy atom. The van der Waals surface area contributed by atoms with Crippen molar-refractivity contribution in [3.8, 4) is 5.75 Å². The molecule has 0 heterocycles. The molecule has 0 bridgehead atoms. The molecule has 0 saturated heterocycles. The fraction of sp³-hybridized carbons (Fsp3) is 0.462. The van der Waals surface area contributed by atoms with Crippen LogP contribution in [0.15, 0.2) is 18.2 Å². The van der Waals surface area contributed by atoms with Crippen molar-refractivity contribution in [1.29, 1.82) is 0 Å². The minimum atomic E-state index is -0.593. The van der Waals surface area contributed by atoms with E-state index in [-0.39, 0.29) is 23.0 Å². The van der Waals surface area contributed by atoms with Crippen LogP contribution in [0.1, 0.15) is 32.1 Å². The third kappa shape index (κ3) is 3.43. The third-order valence-electron chi connectivity index (χ3n) is 3.42. The predicted octanol–water partition coefficient (Wildman–Crippen LogP) is 2.82. The second-order valence-electron chi connectivity index (χ2n) is 4.86. The molecule has 2 N–H and O–H groups in total. The van der Waals surface area contributed by atoms with E-state index in [0.29, 0.717) is 12.3 Å². The highest BCUT2D eigenvalue weighted by atomic mass is 16.6. The van der Waals surface area contributed by atoms with Crippen molar-refractivity contribution in [2.75, 3.05) is 5.32 Å². The quantitative estimate of drug-likeness (QED) is 0.497. The van der Waals surface area contributed by atoms with Gasteiger partial charge in [0.2, 0.25) is 5.91 Å². The molecule has 1 aliphatic carbocycles. The maximum Gasteiger partial charge on any atom is 0.273 e. The molecule has 1 aromatic rings. The van der Waals surface area contributed by atoms with Gasteiger partial charge >= 0.3 is 0 Å². The number of nitro groups is 1. The molecule has 2 rings (SSSR count). The van der Waals surface area contributed by atoms with Crippen molar-refractivity contribution in [1.82, 2.24) is 0 Å². The van der Waals surface area contributed by atoms with Crippen LogP contribution in [0.5, 0.6) is 5.75 Å². The van der Waals surface area contributed by atoms with E-state index in [0.717, 1.165) is 18.9 Å². The summed E-state index contributed by atoms with van der Waals surface area (Å²) in [4.78, 5) is 21.7. The number of non-ortho nitro benzene ring substituents is 1. The Labute approximate surface area is 110 Å². The molecule has 1 aliphatic rings. The standard InChI is InChI=1S/C13H16N2O4/c16-12-8-10(15(18)19)5-6-11(12)14-13(17)7-9-3-1-2-4-9/h5-6,8-9,16H,1-4,7H2,(H,14,17). The topological polar surface area (TPSA) is 92.5 Å². The molecular formula is C13H16N2O4. The molecule has 102 valence electrons. The minimum absolute atomic E-state index is 0.156. The Hall–Kier alpha value is -2.11. The summed E-state index contributed by atoms with van der Waals surface area (Å²) in [6.07, 6.45) is 4.91. The zero-order valence-electron chi connectivity index (χ0n) is 10.5. The molecule has 19 heavy (non-hydrogen) atoms. The molecule has 6 nitrogen and oxygen atoms in total. The molecule has 1 aromatic carbocycles. The average molecular weight is 264 g/mol. The van der Waals surface area contributed by atoms with Crippen LogP contribution in [0, 0.1) is 16.0 Å². The first kappa shape index (κ1) is 13.3. The number of anilines is 1. The molecular weight excluding hydrogens is 248 g/mol. The van der Waals surface area contributed by atoms with E-state index in [1.54, 1.807) is 0 Å². The predicted molar refractivity (Wildman–Crippen MR) is 70.0 cm³/mol. The van der Waals surface area contributed by atoms with Crippen LogP contribution in [0.2, 0.25) is 0 Å². The van der Waals surface area contributed by atoms with Gasteiger partial charge < -0.3 is 10.4 Å². The van der Waals surface area contributed by atoms with E-state index < -0.39 is 4.92 Å². The first-order valence-corrected chi connectivity index (χ1v) is 6.33. The van der Waals surface area contributed by atoms with Crippen molar-refractivity contribution >= 4 is 17.3 Å². The van der Waals surface area contributed by atoms with Crippen LogP contribution in [0.4, 0.5) is 11.4 Å². The summed E-state index contributed by atoms with van der Waals surface area (Å²) in [6, 6.07) is 3.64. The number of nitrogens with zero attached hydrogens (tertiary/aromatic N) is 1. The van der Waals surface area contributed by atoms with Gasteiger partial charge in [0, 0.05) is 12.5 Å². The van der Waals surface area contributed by atoms with Gasteiger partial charge in [-0.3, -0.25) is 14.9 Å². The second kappa shape index (κ2) is 5.69. The number of hydrogen-bond acceptors (Lipinski definition) is 4. The molecule has 0 atom stereocenters. The average Bonchev–Trinajstić information content (AvgIpc) is 2.84. The first-order chi connectivity index (χ1) is 9.06. The number of hydrogen-bond donors (Lipinski definition) is 2. The maximum absolute atomic E-state index is 11.8. The largest absolute Gasteiger partial charge is 0.506 e. The lowest BCUT2D eigenvalue weighted by atomic mass is 10.0. The Balaban J connectivity index is 1.98. The van der Waals surface area contributed by atoms with Crippen molar-refractivity contribution in [2.24, 2.45) is 5.92 Å². The van der Waals surface area contributed by atoms with Gasteiger partial charge in [-0.25, -0.2) is 0 Å². The number of phenolic OH excluding ortho intramolecular Hbond substituents is 1. The molecule has 0 spiro atoms. The molecule has 1 fully saturated rings. The number of rotatable bonds is 4. The van der Waals surface area contributed by atoms with Crippen molar-refractivity contribution in [3.63, 3.8) is 0 Å². The van der Waals surface area contributed by atoms with Gasteiger partial charge in [0.1, 0.15) is 5.75 Å². The van der Waals surface area contributed by atoms with E-state index in [2.05, 4.69) is 5.32 Å². The van der Waals surface area contributed by atoms with Gasteiger partial charge in [-0.05, 0) is 24.8 Å². The molecule has 1 saturated carbocycles. The summed E-state index contributed by atoms with van der Waals surface area (Å²) >= 11 is 0. The van der Waals surface area contributed by atoms with Crippen LogP contribution in [0.25, 0.3) is 0 Å². The number of nitro benzene ring substituents is 1. The smallest absolute Gasteiger partial charge is 0.273 e. The Morgan fingerprint density at radius 1 is 1.42 bits per heavy atom. The Morgan fingerprint density at radius 3 is 2.68 bits per heavy atom. The number of carbonyl (C=O) groups is 1. The van der Waals surface area contributed by atoms with Gasteiger partial charge in [-0.2, -0.15) is 0 Å². The van der Waals surface area contributed by atoms with Crippen LogP contribution >= 0.6 is 0 Å². The van der Waals surface area contributed by atoms with Gasteiger partial charge in [0.15, 0.2) is 0 Å². The van der Waals surface area contributed by atoms with Gasteiger partial charge in [0.25, 0.3) is 5.69 Å². The summed E-state index contributed by atoms with van der Waals surface area (Å²) in [5.74, 6) is -0.0229. The lowest BCUT2D eigenvalue weighted by molar-refractivity contribution is -0.384. The van der Waals surface area contributed by atoms with Crippen LogP contribution in [-0.4, -0.2) is 15.9 Å². The minimum Gasteiger partial charge on any atom is -0.506 e. The first-order valence-electron chi connectivity index (χ1n) is 6.33. The Bertz CT molecular complexity index is 495. The highest BCUT2D eigenvalue weighted by Gasteiger charge is 2.19. The molecule has 0 radical (unpaired) electrons. The van der Waals surface area contributed by atoms with Gasteiger partial charge in [-0.15, -0.1) is 0 Å². The van der Waals surface area contributed by atoms with Crippen LogP contribution in [0.3, 0.4) is 0 Å². The number of phenols is 1. The zero-order valence-corrected chi connectivity index (χ0v) is 10.5. The van der Waals surface area contributed by atoms with Crippen molar-refractivity contribution in [3.05, 3.63) is 28.3 Å². The lowest BCUT2D eigenvalue weighted by Crippen LogP contribution is -2.15. The number of benzene rings is 1. The summed E-state index contributed by atoms with van der Waals surface area (Å²) in [6.45, 7) is 0. The second-order valence-corrected chi connectivity index (χ2v) is 4.86. The summed E-state index contributed by atoms with van der Waals surface area (Å²) in [7, 11) is 0. The van der Waals surface area contributed by atoms with E-state index in [9.17, 15) is 20.0 Å². The van der Waals surface area contributed by atoms with E-state index in [1.807, 2.05) is 0 Å². The molecule has 1 amide bonds. The van der Waals surface area contributed by atoms with Crippen molar-refractivity contribution < 1.29 is 14.8 Å². The number of amides is 1. The number of aromatic hydroxyl groups is 1. The molecule has 0 unspecified atom stereocenters. The fourth-order valence-electron chi connectivity index (χ4n) is 2.42. The maximum atomic E-state index is 11.8. The highest BCUT2D eigenvalue weighted by Crippen LogP contribution is 2.30. The Kier molecular flexibility index (Phi) is 3.99. The normalized spacial score (nSPS) is 15.4. The lowest BCUT2D eigenvalue weighted by Gasteiger charge is -2.10. The molecule has 0 aromatic heterocycles. The van der Waals surface area contributed by atoms with E-state index >= 15 is 0 Å². The van der Waals surface area contributed by atoms with Gasteiger partial charge in [-0.1, -0.05) is 12.8 Å². The number of nitrogens with one attached hydrogen (secondary N) is 1. The summed E-state index contributed by atoms with van der Waals surface area (Å²) < 4.78 is 0. The summed E-state index contributed by atoms with van der Waals surface area (Å²) in [5, 5.41) is 22.7. The molecule has 6 heteroatoms. The number of carbonyl (C=O) groups excluding carboxylic acids is 1. The summed E-state index contributed by atoms with van der Waals surface area (Å²) in [5.41, 5.74) is 0.0138. The zero-order chi connectivity index (χ0) is 13.8. The van der Waals surface area contributed by atoms with Crippen LogP contribution < -0.4 is 5.32 Å². The van der Waals surface area contributed by atoms with E-state index in [4.69, 9.17) is 0 Å². The SMILES string of the molecule is O=C(CC1CCCC1)Nc1ccc([N+](=O)[O-])cc1O. The monoisotopic (exact) mass is 264 g/mol. The fourth-order valence-corrected chi connectivity index (χ4v) is 2.42. The highest BCUT2D eigenvalue weighted by molar-refractivity contribution is 5.92. The van der Waals surface area contributed by atoms with Gasteiger partial charge in [0.05, 0.1) is 16.7 Å². The molecule has 0 aliphatic heterocycles. The van der Waals surface area contributed by atoms with E-state index in [1.165, 1.54) is 25.0 Å². The van der Waals surface area contributed by atoms with Crippen molar-refractivity contribution in [2.45, 2.75) is 32.1 Å². The third-order valence-corrected chi connectivity index (χ3v) is 3.42.